The van der Waals surface area contributed by atoms with E-state index < -0.39 is 0 Å². The van der Waals surface area contributed by atoms with E-state index in [2.05, 4.69) is 67.4 Å². The lowest BCUT2D eigenvalue weighted by atomic mass is 10.1. The highest BCUT2D eigenvalue weighted by Gasteiger charge is 2.10. The second-order valence-corrected chi connectivity index (χ2v) is 6.38. The minimum Gasteiger partial charge on any atom is -0.444 e. The van der Waals surface area contributed by atoms with Gasteiger partial charge >= 0.3 is 0 Å². The summed E-state index contributed by atoms with van der Waals surface area (Å²) in [5.74, 6) is 1.97. The van der Waals surface area contributed by atoms with Crippen LogP contribution in [0.5, 0.6) is 0 Å². The molecule has 2 N–H and O–H groups in total. The van der Waals surface area contributed by atoms with Crippen molar-refractivity contribution in [3.63, 3.8) is 0 Å². The van der Waals surface area contributed by atoms with Crippen molar-refractivity contribution in [2.24, 2.45) is 10.9 Å². The Labute approximate surface area is 144 Å². The Morgan fingerprint density at radius 3 is 2.54 bits per heavy atom. The Morgan fingerprint density at radius 1 is 1.21 bits per heavy atom. The second kappa shape index (κ2) is 8.52. The lowest BCUT2D eigenvalue weighted by Gasteiger charge is -2.20. The van der Waals surface area contributed by atoms with E-state index >= 15 is 0 Å². The van der Waals surface area contributed by atoms with Crippen molar-refractivity contribution in [1.29, 1.82) is 0 Å². The smallest absolute Gasteiger partial charge is 0.226 e. The van der Waals surface area contributed by atoms with Crippen molar-refractivity contribution in [3.8, 4) is 11.5 Å². The van der Waals surface area contributed by atoms with Gasteiger partial charge < -0.3 is 15.1 Å². The van der Waals surface area contributed by atoms with Gasteiger partial charge in [0.25, 0.3) is 0 Å². The molecular formula is C19H28N4O. The van der Waals surface area contributed by atoms with Crippen LogP contribution >= 0.6 is 0 Å². The fraction of sp³-hybridized carbons (Fsp3) is 0.474. The van der Waals surface area contributed by atoms with Crippen molar-refractivity contribution < 1.29 is 4.42 Å². The number of oxazole rings is 1. The summed E-state index contributed by atoms with van der Waals surface area (Å²) in [7, 11) is 0. The third-order valence-electron chi connectivity index (χ3n) is 3.96. The fourth-order valence-corrected chi connectivity index (χ4v) is 2.07. The van der Waals surface area contributed by atoms with Crippen LogP contribution in [0.2, 0.25) is 0 Å². The van der Waals surface area contributed by atoms with Gasteiger partial charge in [0.2, 0.25) is 5.89 Å². The molecule has 130 valence electrons. The average molecular weight is 328 g/mol. The average Bonchev–Trinajstić information content (AvgIpc) is 3.02. The van der Waals surface area contributed by atoms with E-state index in [1.165, 1.54) is 5.56 Å². The second-order valence-electron chi connectivity index (χ2n) is 6.38. The normalized spacial score (nSPS) is 13.2. The highest BCUT2D eigenvalue weighted by Crippen LogP contribution is 2.19. The summed E-state index contributed by atoms with van der Waals surface area (Å²) in [6.45, 7) is 12.0. The Kier molecular flexibility index (Phi) is 6.41. The van der Waals surface area contributed by atoms with Crippen LogP contribution in [0.25, 0.3) is 11.5 Å². The zero-order valence-electron chi connectivity index (χ0n) is 15.3. The Bertz CT molecular complexity index is 658. The molecule has 0 aliphatic carbocycles. The van der Waals surface area contributed by atoms with E-state index in [1.807, 2.05) is 12.1 Å². The van der Waals surface area contributed by atoms with Gasteiger partial charge in [-0.2, -0.15) is 0 Å². The molecule has 1 aromatic carbocycles. The molecule has 2 rings (SSSR count). The summed E-state index contributed by atoms with van der Waals surface area (Å²) < 4.78 is 5.58. The molecule has 0 spiro atoms. The first-order valence-electron chi connectivity index (χ1n) is 8.56. The van der Waals surface area contributed by atoms with Crippen molar-refractivity contribution in [1.82, 2.24) is 15.6 Å². The largest absolute Gasteiger partial charge is 0.444 e. The van der Waals surface area contributed by atoms with E-state index in [1.54, 1.807) is 6.26 Å². The number of aryl methyl sites for hydroxylation is 1. The molecule has 0 aliphatic heterocycles. The van der Waals surface area contributed by atoms with Gasteiger partial charge in [0.05, 0.1) is 6.54 Å². The maximum atomic E-state index is 5.58. The molecule has 5 heteroatoms. The number of benzene rings is 1. The molecule has 1 aromatic heterocycles. The highest BCUT2D eigenvalue weighted by molar-refractivity contribution is 5.80. The standard InChI is InChI=1S/C19H28N4O/c1-6-20-19(22-15(5)13(2)3)21-11-17-12-24-18(23-17)16-9-7-14(4)8-10-16/h7-10,12-13,15H,6,11H2,1-5H3,(H2,20,21,22). The molecule has 0 bridgehead atoms. The summed E-state index contributed by atoms with van der Waals surface area (Å²) >= 11 is 0. The number of nitrogens with one attached hydrogen (secondary N) is 2. The maximum absolute atomic E-state index is 5.58. The van der Waals surface area contributed by atoms with Gasteiger partial charge in [0.15, 0.2) is 5.96 Å². The molecule has 5 nitrogen and oxygen atoms in total. The lowest BCUT2D eigenvalue weighted by Crippen LogP contribution is -2.44. The number of aliphatic imine (C=N–C) groups is 1. The summed E-state index contributed by atoms with van der Waals surface area (Å²) in [6.07, 6.45) is 1.67. The summed E-state index contributed by atoms with van der Waals surface area (Å²) in [6, 6.07) is 8.49. The molecule has 1 heterocycles. The molecule has 0 saturated carbocycles. The van der Waals surface area contributed by atoms with E-state index in [9.17, 15) is 0 Å². The SMILES string of the molecule is CCNC(=NCc1coc(-c2ccc(C)cc2)n1)NC(C)C(C)C. The molecule has 0 fully saturated rings. The molecular weight excluding hydrogens is 300 g/mol. The van der Waals surface area contributed by atoms with E-state index in [0.29, 0.717) is 24.4 Å². The molecule has 1 atom stereocenters. The lowest BCUT2D eigenvalue weighted by molar-refractivity contribution is 0.481. The van der Waals surface area contributed by atoms with Gasteiger partial charge in [-0.3, -0.25) is 0 Å². The van der Waals surface area contributed by atoms with Crippen LogP contribution in [0.3, 0.4) is 0 Å². The van der Waals surface area contributed by atoms with Gasteiger partial charge in [0.1, 0.15) is 12.0 Å². The topological polar surface area (TPSA) is 62.5 Å². The Hall–Kier alpha value is -2.30. The number of hydrogen-bond acceptors (Lipinski definition) is 3. The Balaban J connectivity index is 2.05. The zero-order valence-corrected chi connectivity index (χ0v) is 15.3. The first kappa shape index (κ1) is 18.0. The van der Waals surface area contributed by atoms with Crippen LogP contribution in [0.1, 0.15) is 39.0 Å². The molecule has 0 amide bonds. The van der Waals surface area contributed by atoms with Crippen LogP contribution in [0.15, 0.2) is 39.9 Å². The molecule has 2 aromatic rings. The predicted octanol–water partition coefficient (Wildman–Crippen LogP) is 3.75. The number of nitrogens with zero attached hydrogens (tertiary/aromatic N) is 2. The molecule has 0 aliphatic rings. The van der Waals surface area contributed by atoms with Crippen molar-refractivity contribution >= 4 is 5.96 Å². The maximum Gasteiger partial charge on any atom is 0.226 e. The van der Waals surface area contributed by atoms with Gasteiger partial charge in [-0.25, -0.2) is 9.98 Å². The summed E-state index contributed by atoms with van der Waals surface area (Å²) in [4.78, 5) is 9.13. The molecule has 0 saturated heterocycles. The van der Waals surface area contributed by atoms with Crippen LogP contribution in [-0.4, -0.2) is 23.5 Å². The van der Waals surface area contributed by atoms with Crippen molar-refractivity contribution in [3.05, 3.63) is 41.8 Å². The third kappa shape index (κ3) is 5.11. The quantitative estimate of drug-likeness (QED) is 0.626. The van der Waals surface area contributed by atoms with Crippen LogP contribution in [0, 0.1) is 12.8 Å². The minimum atomic E-state index is 0.350. The number of aromatic nitrogens is 1. The van der Waals surface area contributed by atoms with Crippen LogP contribution in [0.4, 0.5) is 0 Å². The van der Waals surface area contributed by atoms with E-state index in [-0.39, 0.29) is 0 Å². The van der Waals surface area contributed by atoms with Crippen molar-refractivity contribution in [2.75, 3.05) is 6.54 Å². The first-order chi connectivity index (χ1) is 11.5. The molecule has 1 unspecified atom stereocenters. The van der Waals surface area contributed by atoms with Crippen molar-refractivity contribution in [2.45, 2.75) is 47.2 Å². The third-order valence-corrected chi connectivity index (χ3v) is 3.96. The van der Waals surface area contributed by atoms with Crippen LogP contribution in [-0.2, 0) is 6.54 Å². The van der Waals surface area contributed by atoms with E-state index in [4.69, 9.17) is 4.42 Å². The molecule has 24 heavy (non-hydrogen) atoms. The van der Waals surface area contributed by atoms with Gasteiger partial charge in [-0.05, 0) is 38.8 Å². The predicted molar refractivity (Wildman–Crippen MR) is 98.9 cm³/mol. The number of hydrogen-bond donors (Lipinski definition) is 2. The highest BCUT2D eigenvalue weighted by atomic mass is 16.3. The minimum absolute atomic E-state index is 0.350. The number of rotatable bonds is 6. The van der Waals surface area contributed by atoms with Gasteiger partial charge in [0, 0.05) is 18.2 Å². The number of guanidine groups is 1. The molecule has 0 radical (unpaired) electrons. The Morgan fingerprint density at radius 2 is 1.92 bits per heavy atom. The monoisotopic (exact) mass is 328 g/mol. The van der Waals surface area contributed by atoms with Gasteiger partial charge in [-0.1, -0.05) is 31.5 Å². The van der Waals surface area contributed by atoms with Gasteiger partial charge in [-0.15, -0.1) is 0 Å². The first-order valence-corrected chi connectivity index (χ1v) is 8.56. The fourth-order valence-electron chi connectivity index (χ4n) is 2.07. The van der Waals surface area contributed by atoms with E-state index in [0.717, 1.165) is 23.8 Å². The zero-order chi connectivity index (χ0) is 17.5. The summed E-state index contributed by atoms with van der Waals surface area (Å²) in [5.41, 5.74) is 3.02. The summed E-state index contributed by atoms with van der Waals surface area (Å²) in [5, 5.41) is 6.68. The van der Waals surface area contributed by atoms with Crippen LogP contribution < -0.4 is 10.6 Å².